The number of nitrogens with zero attached hydrogens (tertiary/aromatic N) is 1. The summed E-state index contributed by atoms with van der Waals surface area (Å²) in [6.07, 6.45) is 0. The molecule has 2 heterocycles. The lowest BCUT2D eigenvalue weighted by atomic mass is 9.69. The number of hydrogen-bond donors (Lipinski definition) is 0. The average molecular weight is 460 g/mol. The molecule has 0 saturated heterocycles. The molecule has 0 amide bonds. The molecule has 0 spiro atoms. The first-order valence-corrected chi connectivity index (χ1v) is 11.4. The summed E-state index contributed by atoms with van der Waals surface area (Å²) < 4.78 is 10.1. The van der Waals surface area contributed by atoms with E-state index in [0.717, 1.165) is 27.5 Å². The number of fused-ring (bicyclic) bond motifs is 7. The first-order chi connectivity index (χ1) is 15.0. The van der Waals surface area contributed by atoms with E-state index in [-0.39, 0.29) is 0 Å². The molecular formula is C24H18B4BrNO. The second-order valence-electron chi connectivity index (χ2n) is 8.45. The van der Waals surface area contributed by atoms with Crippen molar-refractivity contribution in [3.63, 3.8) is 0 Å². The summed E-state index contributed by atoms with van der Waals surface area (Å²) in [6, 6.07) is 21.4. The van der Waals surface area contributed by atoms with E-state index in [1.165, 1.54) is 48.3 Å². The maximum atomic E-state index is 6.49. The Morgan fingerprint density at radius 1 is 0.645 bits per heavy atom. The molecule has 0 N–H and O–H groups in total. The number of furan rings is 1. The summed E-state index contributed by atoms with van der Waals surface area (Å²) >= 11 is 3.81. The third kappa shape index (κ3) is 2.44. The quantitative estimate of drug-likeness (QED) is 0.327. The summed E-state index contributed by atoms with van der Waals surface area (Å²) in [5.74, 6) is 0. The lowest BCUT2D eigenvalue weighted by Crippen LogP contribution is -2.45. The van der Waals surface area contributed by atoms with Crippen molar-refractivity contribution in [2.75, 3.05) is 0 Å². The third-order valence-corrected chi connectivity index (χ3v) is 8.09. The number of aromatic nitrogens is 1. The van der Waals surface area contributed by atoms with Crippen LogP contribution in [0.1, 0.15) is 0 Å². The van der Waals surface area contributed by atoms with Crippen LogP contribution in [-0.2, 0) is 0 Å². The van der Waals surface area contributed by atoms with Crippen LogP contribution in [0.5, 0.6) is 0 Å². The van der Waals surface area contributed by atoms with Crippen LogP contribution in [0.25, 0.3) is 49.4 Å². The Labute approximate surface area is 192 Å². The number of benzene rings is 4. The van der Waals surface area contributed by atoms with E-state index in [0.29, 0.717) is 0 Å². The topological polar surface area (TPSA) is 18.1 Å². The van der Waals surface area contributed by atoms with Crippen molar-refractivity contribution < 1.29 is 4.42 Å². The Kier molecular flexibility index (Phi) is 4.04. The second-order valence-corrected chi connectivity index (χ2v) is 9.24. The highest BCUT2D eigenvalue weighted by Crippen LogP contribution is 2.39. The standard InChI is InChI=1S/C24H18B4BrNO/c25-17-19(27)23(20(28)18(26)21(17)29)30-15-7-3-1-5-11(15)13-9-10-14-12-6-2-4-8-16(12)31-24(14)22(13)30/h1-10H,25-28H2. The Morgan fingerprint density at radius 3 is 2.00 bits per heavy atom. The molecule has 7 heteroatoms. The Balaban J connectivity index is 1.92. The Bertz CT molecular complexity index is 1670. The van der Waals surface area contributed by atoms with Crippen molar-refractivity contribution >= 4 is 113 Å². The molecule has 0 radical (unpaired) electrons. The molecule has 0 atom stereocenters. The summed E-state index contributed by atoms with van der Waals surface area (Å²) in [5, 5.41) is 4.79. The predicted octanol–water partition coefficient (Wildman–Crippen LogP) is 0.479. The van der Waals surface area contributed by atoms with Crippen molar-refractivity contribution in [3.05, 3.63) is 65.1 Å². The molecule has 0 aliphatic heterocycles. The van der Waals surface area contributed by atoms with Crippen LogP contribution in [0, 0.1) is 0 Å². The zero-order chi connectivity index (χ0) is 21.4. The number of para-hydroxylation sites is 2. The lowest BCUT2D eigenvalue weighted by Gasteiger charge is -2.21. The van der Waals surface area contributed by atoms with E-state index in [1.54, 1.807) is 0 Å². The summed E-state index contributed by atoms with van der Waals surface area (Å²) in [4.78, 5) is 0. The fourth-order valence-corrected chi connectivity index (χ4v) is 5.64. The van der Waals surface area contributed by atoms with E-state index < -0.39 is 0 Å². The van der Waals surface area contributed by atoms with Gasteiger partial charge in [-0.05, 0) is 18.2 Å². The molecule has 0 unspecified atom stereocenters. The Morgan fingerprint density at radius 2 is 1.26 bits per heavy atom. The van der Waals surface area contributed by atoms with Gasteiger partial charge >= 0.3 is 0 Å². The van der Waals surface area contributed by atoms with Gasteiger partial charge in [-0.15, -0.1) is 0 Å². The van der Waals surface area contributed by atoms with E-state index in [4.69, 9.17) is 4.42 Å². The van der Waals surface area contributed by atoms with E-state index in [9.17, 15) is 0 Å². The van der Waals surface area contributed by atoms with Gasteiger partial charge in [-0.1, -0.05) is 80.2 Å². The van der Waals surface area contributed by atoms with Crippen LogP contribution in [0.3, 0.4) is 0 Å². The van der Waals surface area contributed by atoms with Crippen LogP contribution < -0.4 is 21.9 Å². The molecule has 6 aromatic rings. The first kappa shape index (κ1) is 18.9. The third-order valence-electron chi connectivity index (χ3n) is 6.90. The van der Waals surface area contributed by atoms with Crippen LogP contribution in [0.4, 0.5) is 0 Å². The molecule has 0 bridgehead atoms. The number of hydrogen-bond acceptors (Lipinski definition) is 1. The minimum Gasteiger partial charge on any atom is -0.454 e. The SMILES string of the molecule is Bc1c(B)c(-n2c3ccccc3c3ccc4c5ccccc5oc4c32)c(B)c(B)c1Br. The molecule has 6 rings (SSSR count). The minimum atomic E-state index is 0.929. The maximum Gasteiger partial charge on any atom is 0.160 e. The molecule has 0 saturated carbocycles. The van der Waals surface area contributed by atoms with E-state index in [1.807, 2.05) is 6.07 Å². The highest BCUT2D eigenvalue weighted by atomic mass is 79.9. The average Bonchev–Trinajstić information content (AvgIpc) is 3.33. The van der Waals surface area contributed by atoms with Crippen LogP contribution >= 0.6 is 15.9 Å². The monoisotopic (exact) mass is 459 g/mol. The van der Waals surface area contributed by atoms with E-state index >= 15 is 0 Å². The van der Waals surface area contributed by atoms with Gasteiger partial charge in [0, 0.05) is 31.7 Å². The van der Waals surface area contributed by atoms with Crippen molar-refractivity contribution in [2.24, 2.45) is 0 Å². The number of halogens is 1. The smallest absolute Gasteiger partial charge is 0.160 e. The fraction of sp³-hybridized carbons (Fsp3) is 0. The molecule has 2 aromatic heterocycles. The molecule has 2 nitrogen and oxygen atoms in total. The van der Waals surface area contributed by atoms with Crippen LogP contribution in [0.2, 0.25) is 0 Å². The molecule has 0 fully saturated rings. The second kappa shape index (κ2) is 6.61. The summed E-state index contributed by atoms with van der Waals surface area (Å²) in [5.41, 5.74) is 10.6. The molecular weight excluding hydrogens is 441 g/mol. The molecule has 4 aromatic carbocycles. The van der Waals surface area contributed by atoms with Crippen molar-refractivity contribution in [1.29, 1.82) is 0 Å². The minimum absolute atomic E-state index is 0.929. The highest BCUT2D eigenvalue weighted by Gasteiger charge is 2.22. The van der Waals surface area contributed by atoms with E-state index in [2.05, 4.69) is 106 Å². The predicted molar refractivity (Wildman–Crippen MR) is 148 cm³/mol. The summed E-state index contributed by atoms with van der Waals surface area (Å²) in [7, 11) is 8.84. The zero-order valence-electron chi connectivity index (χ0n) is 18.0. The van der Waals surface area contributed by atoms with Crippen molar-refractivity contribution in [2.45, 2.75) is 0 Å². The van der Waals surface area contributed by atoms with Gasteiger partial charge in [0.25, 0.3) is 0 Å². The van der Waals surface area contributed by atoms with Gasteiger partial charge < -0.3 is 8.98 Å². The fourth-order valence-electron chi connectivity index (χ4n) is 5.05. The van der Waals surface area contributed by atoms with Gasteiger partial charge in [-0.3, -0.25) is 0 Å². The normalized spacial score (nSPS) is 11.9. The molecule has 0 aliphatic rings. The largest absolute Gasteiger partial charge is 0.454 e. The first-order valence-electron chi connectivity index (χ1n) is 10.6. The summed E-state index contributed by atoms with van der Waals surface area (Å²) in [6.45, 7) is 0. The van der Waals surface area contributed by atoms with Gasteiger partial charge in [0.1, 0.15) is 37.0 Å². The van der Waals surface area contributed by atoms with Crippen LogP contribution in [0.15, 0.2) is 69.6 Å². The maximum absolute atomic E-state index is 6.49. The van der Waals surface area contributed by atoms with Gasteiger partial charge in [0.2, 0.25) is 0 Å². The van der Waals surface area contributed by atoms with Gasteiger partial charge in [-0.25, -0.2) is 0 Å². The molecule has 31 heavy (non-hydrogen) atoms. The Hall–Kier alpha value is -2.78. The zero-order valence-corrected chi connectivity index (χ0v) is 19.6. The van der Waals surface area contributed by atoms with Crippen molar-refractivity contribution in [3.8, 4) is 5.69 Å². The number of rotatable bonds is 1. The molecule has 0 aliphatic carbocycles. The van der Waals surface area contributed by atoms with Crippen LogP contribution in [-0.4, -0.2) is 36.0 Å². The van der Waals surface area contributed by atoms with Gasteiger partial charge in [-0.2, -0.15) is 0 Å². The molecule has 144 valence electrons. The van der Waals surface area contributed by atoms with Gasteiger partial charge in [0.05, 0.1) is 11.0 Å². The van der Waals surface area contributed by atoms with Gasteiger partial charge in [0.15, 0.2) is 5.58 Å². The highest BCUT2D eigenvalue weighted by molar-refractivity contribution is 9.10. The van der Waals surface area contributed by atoms with Crippen molar-refractivity contribution in [1.82, 2.24) is 4.57 Å². The lowest BCUT2D eigenvalue weighted by molar-refractivity contribution is 0.671.